The number of rotatable bonds is 3. The molecule has 5 rings (SSSR count). The molecule has 3 aromatic rings. The van der Waals surface area contributed by atoms with Crippen LogP contribution in [0.25, 0.3) is 11.0 Å². The zero-order valence-electron chi connectivity index (χ0n) is 17.6. The SMILES string of the molecule is C[C@H]1[C@@H]2CN(c3cc(=O)n(C)c4ccc(C#N)nc34)C[C@@H]2CN1Cc1ccc(F)cc1. The van der Waals surface area contributed by atoms with Crippen LogP contribution < -0.4 is 10.5 Å². The minimum absolute atomic E-state index is 0.0722. The summed E-state index contributed by atoms with van der Waals surface area (Å²) >= 11 is 0. The van der Waals surface area contributed by atoms with Gasteiger partial charge in [-0.2, -0.15) is 5.26 Å². The van der Waals surface area contributed by atoms with E-state index < -0.39 is 0 Å². The third-order valence-corrected chi connectivity index (χ3v) is 6.98. The maximum absolute atomic E-state index is 13.2. The molecule has 0 amide bonds. The van der Waals surface area contributed by atoms with Crippen LogP contribution >= 0.6 is 0 Å². The molecule has 2 fully saturated rings. The fraction of sp³-hybridized carbons (Fsp3) is 0.375. The Kier molecular flexibility index (Phi) is 4.75. The van der Waals surface area contributed by atoms with Gasteiger partial charge in [-0.1, -0.05) is 12.1 Å². The Labute approximate surface area is 180 Å². The molecule has 0 saturated carbocycles. The molecule has 7 heteroatoms. The monoisotopic (exact) mass is 417 g/mol. The fourth-order valence-electron chi connectivity index (χ4n) is 5.22. The first-order valence-electron chi connectivity index (χ1n) is 10.6. The van der Waals surface area contributed by atoms with E-state index in [-0.39, 0.29) is 11.4 Å². The third-order valence-electron chi connectivity index (χ3n) is 6.98. The maximum atomic E-state index is 13.2. The molecule has 0 aliphatic carbocycles. The molecule has 6 nitrogen and oxygen atoms in total. The van der Waals surface area contributed by atoms with Crippen molar-refractivity contribution in [3.05, 3.63) is 69.9 Å². The Morgan fingerprint density at radius 3 is 2.65 bits per heavy atom. The molecule has 0 bridgehead atoms. The summed E-state index contributed by atoms with van der Waals surface area (Å²) in [6, 6.07) is 14.3. The molecule has 2 aliphatic heterocycles. The number of hydrogen-bond donors (Lipinski definition) is 0. The molecule has 0 radical (unpaired) electrons. The average Bonchev–Trinajstić information content (AvgIpc) is 3.31. The van der Waals surface area contributed by atoms with Gasteiger partial charge in [-0.15, -0.1) is 0 Å². The van der Waals surface area contributed by atoms with Crippen LogP contribution in [0.2, 0.25) is 0 Å². The minimum Gasteiger partial charge on any atom is -0.369 e. The minimum atomic E-state index is -0.208. The molecular formula is C24H24FN5O. The van der Waals surface area contributed by atoms with E-state index in [4.69, 9.17) is 0 Å². The van der Waals surface area contributed by atoms with E-state index in [1.165, 1.54) is 12.1 Å². The van der Waals surface area contributed by atoms with Crippen molar-refractivity contribution >= 4 is 16.7 Å². The second-order valence-electron chi connectivity index (χ2n) is 8.73. The molecule has 4 heterocycles. The smallest absolute Gasteiger partial charge is 0.252 e. The molecule has 2 saturated heterocycles. The molecular weight excluding hydrogens is 393 g/mol. The maximum Gasteiger partial charge on any atom is 0.252 e. The van der Waals surface area contributed by atoms with E-state index in [9.17, 15) is 14.4 Å². The highest BCUT2D eigenvalue weighted by molar-refractivity contribution is 5.88. The predicted molar refractivity (Wildman–Crippen MR) is 117 cm³/mol. The van der Waals surface area contributed by atoms with E-state index in [0.29, 0.717) is 29.1 Å². The van der Waals surface area contributed by atoms with Crippen LogP contribution in [0.4, 0.5) is 10.1 Å². The van der Waals surface area contributed by atoms with Crippen molar-refractivity contribution in [2.75, 3.05) is 24.5 Å². The van der Waals surface area contributed by atoms with Crippen molar-refractivity contribution in [1.82, 2.24) is 14.5 Å². The quantitative estimate of drug-likeness (QED) is 0.656. The lowest BCUT2D eigenvalue weighted by molar-refractivity contribution is 0.234. The van der Waals surface area contributed by atoms with E-state index in [1.807, 2.05) is 12.1 Å². The van der Waals surface area contributed by atoms with Crippen LogP contribution in [0.15, 0.2) is 47.3 Å². The number of fused-ring (bicyclic) bond motifs is 2. The lowest BCUT2D eigenvalue weighted by Gasteiger charge is -2.28. The van der Waals surface area contributed by atoms with Crippen LogP contribution in [-0.4, -0.2) is 40.1 Å². The van der Waals surface area contributed by atoms with Crippen LogP contribution in [-0.2, 0) is 13.6 Å². The van der Waals surface area contributed by atoms with Gasteiger partial charge in [-0.05, 0) is 48.6 Å². The summed E-state index contributed by atoms with van der Waals surface area (Å²) in [5.41, 5.74) is 3.67. The highest BCUT2D eigenvalue weighted by atomic mass is 19.1. The van der Waals surface area contributed by atoms with Gasteiger partial charge >= 0.3 is 0 Å². The normalized spacial score (nSPS) is 23.3. The Bertz CT molecular complexity index is 1250. The summed E-state index contributed by atoms with van der Waals surface area (Å²) in [5.74, 6) is 0.771. The number of pyridine rings is 2. The standard InChI is InChI=1S/C24H24FN5O/c1-15-20-14-30(13-17(20)12-29(15)11-16-3-5-18(25)6-4-16)22-9-23(31)28(2)21-8-7-19(10-26)27-24(21)22/h3-9,15,17,20H,11-14H2,1-2H3/t15-,17-,20-/m0/s1. The molecule has 158 valence electrons. The van der Waals surface area contributed by atoms with Crippen molar-refractivity contribution in [3.8, 4) is 6.07 Å². The fourth-order valence-corrected chi connectivity index (χ4v) is 5.22. The molecule has 31 heavy (non-hydrogen) atoms. The number of likely N-dealkylation sites (tertiary alicyclic amines) is 1. The number of aromatic nitrogens is 2. The zero-order valence-corrected chi connectivity index (χ0v) is 17.6. The molecule has 0 N–H and O–H groups in total. The summed E-state index contributed by atoms with van der Waals surface area (Å²) in [7, 11) is 1.73. The lowest BCUT2D eigenvalue weighted by atomic mass is 9.95. The largest absolute Gasteiger partial charge is 0.369 e. The molecule has 0 spiro atoms. The average molecular weight is 417 g/mol. The zero-order chi connectivity index (χ0) is 21.7. The van der Waals surface area contributed by atoms with Gasteiger partial charge in [-0.25, -0.2) is 9.37 Å². The van der Waals surface area contributed by atoms with Crippen LogP contribution in [0.1, 0.15) is 18.2 Å². The van der Waals surface area contributed by atoms with Crippen molar-refractivity contribution in [3.63, 3.8) is 0 Å². The number of nitrogens with zero attached hydrogens (tertiary/aromatic N) is 5. The van der Waals surface area contributed by atoms with Gasteiger partial charge < -0.3 is 9.47 Å². The molecule has 2 aromatic heterocycles. The second-order valence-corrected chi connectivity index (χ2v) is 8.73. The van der Waals surface area contributed by atoms with Crippen molar-refractivity contribution in [2.45, 2.75) is 19.5 Å². The first-order chi connectivity index (χ1) is 14.9. The summed E-state index contributed by atoms with van der Waals surface area (Å²) in [4.78, 5) is 21.8. The van der Waals surface area contributed by atoms with Crippen molar-refractivity contribution in [2.24, 2.45) is 18.9 Å². The Morgan fingerprint density at radius 2 is 1.94 bits per heavy atom. The molecule has 1 aromatic carbocycles. The Morgan fingerprint density at radius 1 is 1.16 bits per heavy atom. The number of halogens is 1. The Hall–Kier alpha value is -3.24. The van der Waals surface area contributed by atoms with Crippen LogP contribution in [0.3, 0.4) is 0 Å². The number of benzene rings is 1. The summed E-state index contributed by atoms with van der Waals surface area (Å²) in [6.45, 7) is 5.75. The third kappa shape index (κ3) is 3.37. The van der Waals surface area contributed by atoms with Gasteiger partial charge in [0.2, 0.25) is 0 Å². The van der Waals surface area contributed by atoms with Crippen molar-refractivity contribution in [1.29, 1.82) is 5.26 Å². The highest BCUT2D eigenvalue weighted by Crippen LogP contribution is 2.39. The number of nitriles is 1. The topological polar surface area (TPSA) is 65.2 Å². The number of anilines is 1. The van der Waals surface area contributed by atoms with E-state index >= 15 is 0 Å². The van der Waals surface area contributed by atoms with Gasteiger partial charge in [0.25, 0.3) is 5.56 Å². The number of hydrogen-bond acceptors (Lipinski definition) is 5. The second kappa shape index (κ2) is 7.47. The Balaban J connectivity index is 1.40. The van der Waals surface area contributed by atoms with Gasteiger partial charge in [0, 0.05) is 45.3 Å². The van der Waals surface area contributed by atoms with Gasteiger partial charge in [0.15, 0.2) is 0 Å². The molecule has 3 atom stereocenters. The first-order valence-corrected chi connectivity index (χ1v) is 10.6. The summed E-state index contributed by atoms with van der Waals surface area (Å²) in [5, 5.41) is 9.29. The highest BCUT2D eigenvalue weighted by Gasteiger charge is 2.45. The summed E-state index contributed by atoms with van der Waals surface area (Å²) in [6.07, 6.45) is 0. The molecule has 2 aliphatic rings. The summed E-state index contributed by atoms with van der Waals surface area (Å²) < 4.78 is 14.8. The lowest BCUT2D eigenvalue weighted by Crippen LogP contribution is -2.35. The van der Waals surface area contributed by atoms with Gasteiger partial charge in [0.1, 0.15) is 23.1 Å². The molecule has 0 unspecified atom stereocenters. The van der Waals surface area contributed by atoms with Crippen LogP contribution in [0, 0.1) is 29.0 Å². The predicted octanol–water partition coefficient (Wildman–Crippen LogP) is 2.90. The number of aryl methyl sites for hydroxylation is 1. The van der Waals surface area contributed by atoms with E-state index in [1.54, 1.807) is 29.8 Å². The first kappa shape index (κ1) is 19.7. The van der Waals surface area contributed by atoms with E-state index in [0.717, 1.165) is 42.9 Å². The van der Waals surface area contributed by atoms with Crippen LogP contribution in [0.5, 0.6) is 0 Å². The van der Waals surface area contributed by atoms with Gasteiger partial charge in [-0.3, -0.25) is 9.69 Å². The van der Waals surface area contributed by atoms with Crippen molar-refractivity contribution < 1.29 is 4.39 Å². The van der Waals surface area contributed by atoms with Gasteiger partial charge in [0.05, 0.1) is 11.2 Å². The van der Waals surface area contributed by atoms with E-state index in [2.05, 4.69) is 27.8 Å².